The Morgan fingerprint density at radius 1 is 1.13 bits per heavy atom. The number of nitrogens with zero attached hydrogens (tertiary/aromatic N) is 1. The number of methoxy groups -OCH3 is 1. The number of carbonyl (C=O) groups excluding carboxylic acids is 2. The molecule has 31 heavy (non-hydrogen) atoms. The van der Waals surface area contributed by atoms with Crippen molar-refractivity contribution in [3.05, 3.63) is 56.4 Å². The number of ether oxygens (including phenoxy) is 1. The molecule has 0 atom stereocenters. The van der Waals surface area contributed by atoms with Crippen molar-refractivity contribution >= 4 is 74.1 Å². The van der Waals surface area contributed by atoms with E-state index in [1.807, 2.05) is 24.3 Å². The summed E-state index contributed by atoms with van der Waals surface area (Å²) in [7, 11) is 1.59. The number of carbonyl (C=O) groups is 2. The molecule has 0 radical (unpaired) electrons. The van der Waals surface area contributed by atoms with E-state index in [2.05, 4.69) is 15.3 Å². The number of nitrogens with one attached hydrogen (secondary N) is 3. The Balaban J connectivity index is 1.56. The second-order valence-electron chi connectivity index (χ2n) is 6.95. The molecule has 0 saturated carbocycles. The van der Waals surface area contributed by atoms with Crippen LogP contribution in [0.15, 0.2) is 35.2 Å². The number of rotatable bonds is 4. The average Bonchev–Trinajstić information content (AvgIpc) is 3.42. The molecule has 0 aliphatic carbocycles. The molecule has 0 bridgehead atoms. The summed E-state index contributed by atoms with van der Waals surface area (Å²) >= 11 is 13.5. The van der Waals surface area contributed by atoms with Gasteiger partial charge in [0.05, 0.1) is 38.3 Å². The number of fused-ring (bicyclic) bond motifs is 2. The van der Waals surface area contributed by atoms with Gasteiger partial charge in [-0.15, -0.1) is 0 Å². The quantitative estimate of drug-likeness (QED) is 0.341. The molecule has 0 unspecified atom stereocenters. The van der Waals surface area contributed by atoms with Gasteiger partial charge in [0.1, 0.15) is 0 Å². The number of hydrogen-bond acceptors (Lipinski definition) is 5. The Bertz CT molecular complexity index is 1420. The maximum atomic E-state index is 11.8. The molecule has 10 heteroatoms. The number of benzene rings is 2. The van der Waals surface area contributed by atoms with E-state index >= 15 is 0 Å². The fourth-order valence-electron chi connectivity index (χ4n) is 3.50. The molecule has 2 amide bonds. The highest BCUT2D eigenvalue weighted by Crippen LogP contribution is 2.35. The molecule has 2 aromatic carbocycles. The van der Waals surface area contributed by atoms with Gasteiger partial charge in [-0.3, -0.25) is 14.9 Å². The lowest BCUT2D eigenvalue weighted by molar-refractivity contribution is -0.115. The predicted octanol–water partition coefficient (Wildman–Crippen LogP) is 5.49. The molecular formula is C21H14Cl2N4O3S. The number of hydrogen-bond donors (Lipinski definition) is 3. The zero-order valence-corrected chi connectivity index (χ0v) is 18.3. The number of aromatic amines is 2. The van der Waals surface area contributed by atoms with E-state index in [-0.39, 0.29) is 11.1 Å². The van der Waals surface area contributed by atoms with Crippen LogP contribution in [-0.2, 0) is 16.1 Å². The van der Waals surface area contributed by atoms with Crippen LogP contribution in [0, 0.1) is 0 Å². The molecule has 1 fully saturated rings. The molecule has 1 saturated heterocycles. The van der Waals surface area contributed by atoms with Gasteiger partial charge in [-0.2, -0.15) is 0 Å². The SMILES string of the molecule is COCc1c(Cl)c(Cl)cc2[nH]c(-c3cc4cc(C=C5SC(=O)NC5=O)ccc4[nH]3)nc12. The van der Waals surface area contributed by atoms with Crippen LogP contribution in [0.1, 0.15) is 11.1 Å². The molecular weight excluding hydrogens is 459 g/mol. The lowest BCUT2D eigenvalue weighted by Gasteiger charge is -2.05. The monoisotopic (exact) mass is 472 g/mol. The molecule has 4 aromatic rings. The normalized spacial score (nSPS) is 15.5. The lowest BCUT2D eigenvalue weighted by Crippen LogP contribution is -2.17. The van der Waals surface area contributed by atoms with Crippen LogP contribution in [0.2, 0.25) is 10.0 Å². The Morgan fingerprint density at radius 3 is 2.71 bits per heavy atom. The number of H-pyrrole nitrogens is 2. The number of halogens is 2. The van der Waals surface area contributed by atoms with Crippen molar-refractivity contribution in [1.29, 1.82) is 0 Å². The number of aromatic nitrogens is 3. The van der Waals surface area contributed by atoms with Crippen molar-refractivity contribution in [2.75, 3.05) is 7.11 Å². The van der Waals surface area contributed by atoms with Crippen LogP contribution >= 0.6 is 35.0 Å². The molecule has 7 nitrogen and oxygen atoms in total. The molecule has 1 aliphatic heterocycles. The first-order chi connectivity index (χ1) is 14.9. The third-order valence-corrected chi connectivity index (χ3v) is 6.53. The maximum absolute atomic E-state index is 11.8. The maximum Gasteiger partial charge on any atom is 0.290 e. The second kappa shape index (κ2) is 7.72. The summed E-state index contributed by atoms with van der Waals surface area (Å²) in [6.45, 7) is 0.291. The van der Waals surface area contributed by atoms with Gasteiger partial charge in [-0.25, -0.2) is 4.98 Å². The zero-order valence-electron chi connectivity index (χ0n) is 16.0. The fraction of sp³-hybridized carbons (Fsp3) is 0.0952. The molecule has 156 valence electrons. The van der Waals surface area contributed by atoms with Gasteiger partial charge < -0.3 is 14.7 Å². The molecule has 2 aromatic heterocycles. The van der Waals surface area contributed by atoms with Crippen molar-refractivity contribution in [1.82, 2.24) is 20.3 Å². The number of imidazole rings is 1. The lowest BCUT2D eigenvalue weighted by atomic mass is 10.1. The van der Waals surface area contributed by atoms with Crippen molar-refractivity contribution in [2.24, 2.45) is 0 Å². The summed E-state index contributed by atoms with van der Waals surface area (Å²) in [4.78, 5) is 34.8. The Hall–Kier alpha value is -2.78. The van der Waals surface area contributed by atoms with Crippen LogP contribution in [0.25, 0.3) is 39.5 Å². The predicted molar refractivity (Wildman–Crippen MR) is 123 cm³/mol. The highest BCUT2D eigenvalue weighted by atomic mass is 35.5. The Morgan fingerprint density at radius 2 is 1.97 bits per heavy atom. The van der Waals surface area contributed by atoms with Gasteiger partial charge in [-0.1, -0.05) is 29.3 Å². The van der Waals surface area contributed by atoms with Crippen molar-refractivity contribution in [3.63, 3.8) is 0 Å². The zero-order chi connectivity index (χ0) is 21.7. The van der Waals surface area contributed by atoms with Crippen molar-refractivity contribution in [3.8, 4) is 11.5 Å². The van der Waals surface area contributed by atoms with E-state index in [1.165, 1.54) is 0 Å². The smallest absolute Gasteiger partial charge is 0.290 e. The van der Waals surface area contributed by atoms with Gasteiger partial charge >= 0.3 is 0 Å². The minimum Gasteiger partial charge on any atom is -0.380 e. The fourth-order valence-corrected chi connectivity index (χ4v) is 4.61. The highest BCUT2D eigenvalue weighted by Gasteiger charge is 2.25. The van der Waals surface area contributed by atoms with Crippen LogP contribution in [0.5, 0.6) is 0 Å². The largest absolute Gasteiger partial charge is 0.380 e. The summed E-state index contributed by atoms with van der Waals surface area (Å²) < 4.78 is 5.26. The molecule has 3 N–H and O–H groups in total. The topological polar surface area (TPSA) is 99.9 Å². The van der Waals surface area contributed by atoms with E-state index in [0.717, 1.165) is 45.0 Å². The molecule has 1 aliphatic rings. The van der Waals surface area contributed by atoms with E-state index in [1.54, 1.807) is 19.3 Å². The summed E-state index contributed by atoms with van der Waals surface area (Å²) in [5.74, 6) is 0.259. The Labute approximate surface area is 190 Å². The first-order valence-corrected chi connectivity index (χ1v) is 10.7. The second-order valence-corrected chi connectivity index (χ2v) is 8.75. The molecule has 3 heterocycles. The summed E-state index contributed by atoms with van der Waals surface area (Å²) in [6, 6.07) is 9.43. The number of imide groups is 1. The third kappa shape index (κ3) is 3.61. The van der Waals surface area contributed by atoms with Gasteiger partial charge in [0, 0.05) is 23.6 Å². The van der Waals surface area contributed by atoms with Gasteiger partial charge in [0.15, 0.2) is 5.82 Å². The summed E-state index contributed by atoms with van der Waals surface area (Å²) in [6.07, 6.45) is 1.69. The van der Waals surface area contributed by atoms with E-state index < -0.39 is 0 Å². The van der Waals surface area contributed by atoms with E-state index in [9.17, 15) is 9.59 Å². The average molecular weight is 473 g/mol. The first-order valence-electron chi connectivity index (χ1n) is 9.16. The van der Waals surface area contributed by atoms with Crippen LogP contribution in [0.4, 0.5) is 4.79 Å². The van der Waals surface area contributed by atoms with Crippen molar-refractivity contribution in [2.45, 2.75) is 6.61 Å². The molecule has 5 rings (SSSR count). The first kappa shape index (κ1) is 20.1. The summed E-state index contributed by atoms with van der Waals surface area (Å²) in [5, 5.41) is 3.69. The minimum absolute atomic E-state index is 0.291. The number of thioether (sulfide) groups is 1. The van der Waals surface area contributed by atoms with Crippen LogP contribution in [-0.4, -0.2) is 33.2 Å². The summed E-state index contributed by atoms with van der Waals surface area (Å²) in [5.41, 5.74) is 4.69. The molecule has 0 spiro atoms. The third-order valence-electron chi connectivity index (χ3n) is 4.89. The highest BCUT2D eigenvalue weighted by molar-refractivity contribution is 8.18. The Kier molecular flexibility index (Phi) is 5.02. The van der Waals surface area contributed by atoms with E-state index in [4.69, 9.17) is 32.9 Å². The van der Waals surface area contributed by atoms with Gasteiger partial charge in [0.2, 0.25) is 0 Å². The minimum atomic E-state index is -0.378. The van der Waals surface area contributed by atoms with Gasteiger partial charge in [0.25, 0.3) is 11.1 Å². The standard InChI is InChI=1S/C21H14Cl2N4O3S/c1-30-8-11-17(23)12(22)7-14-18(11)26-19(25-14)15-6-10-4-9(2-3-13(10)24-15)5-16-20(28)27-21(29)31-16/h2-7,24H,8H2,1H3,(H,25,26)(H,27,28,29). The van der Waals surface area contributed by atoms with E-state index in [0.29, 0.717) is 32.9 Å². The van der Waals surface area contributed by atoms with Gasteiger partial charge in [-0.05, 0) is 47.7 Å². The van der Waals surface area contributed by atoms with Crippen molar-refractivity contribution < 1.29 is 14.3 Å². The van der Waals surface area contributed by atoms with Crippen LogP contribution < -0.4 is 5.32 Å². The van der Waals surface area contributed by atoms with Crippen LogP contribution in [0.3, 0.4) is 0 Å². The number of amides is 2.